The number of hydrogen-bond donors (Lipinski definition) is 1. The molecule has 0 aliphatic carbocycles. The van der Waals surface area contributed by atoms with Crippen LogP contribution in [0.1, 0.15) is 42.7 Å². The van der Waals surface area contributed by atoms with Crippen LogP contribution in [-0.4, -0.2) is 44.7 Å². The van der Waals surface area contributed by atoms with Gasteiger partial charge in [-0.3, -0.25) is 9.58 Å². The summed E-state index contributed by atoms with van der Waals surface area (Å²) >= 11 is 0. The molecule has 0 amide bonds. The molecule has 1 fully saturated rings. The largest absolute Gasteiger partial charge is 0.493 e. The average Bonchev–Trinajstić information content (AvgIpc) is 3.25. The van der Waals surface area contributed by atoms with Crippen molar-refractivity contribution in [3.63, 3.8) is 0 Å². The number of fused-ring (bicyclic) bond motifs is 1. The zero-order valence-electron chi connectivity index (χ0n) is 14.8. The SMILES string of the molecule is C[C@@H](O)c1cn(CC2CCN(Cc3ccc4c(c3)CCO4)CC2)nn1. The Balaban J connectivity index is 1.28. The summed E-state index contributed by atoms with van der Waals surface area (Å²) in [4.78, 5) is 2.54. The van der Waals surface area contributed by atoms with Crippen LogP contribution in [-0.2, 0) is 19.5 Å². The summed E-state index contributed by atoms with van der Waals surface area (Å²) < 4.78 is 7.47. The van der Waals surface area contributed by atoms with Gasteiger partial charge in [-0.25, -0.2) is 0 Å². The van der Waals surface area contributed by atoms with E-state index in [2.05, 4.69) is 33.4 Å². The summed E-state index contributed by atoms with van der Waals surface area (Å²) in [7, 11) is 0. The van der Waals surface area contributed by atoms with Crippen molar-refractivity contribution in [1.29, 1.82) is 0 Å². The summed E-state index contributed by atoms with van der Waals surface area (Å²) in [5, 5.41) is 17.7. The van der Waals surface area contributed by atoms with E-state index in [1.807, 2.05) is 10.9 Å². The first-order chi connectivity index (χ1) is 12.2. The molecule has 6 heteroatoms. The highest BCUT2D eigenvalue weighted by atomic mass is 16.5. The Morgan fingerprint density at radius 3 is 2.92 bits per heavy atom. The molecule has 0 spiro atoms. The van der Waals surface area contributed by atoms with Crippen molar-refractivity contribution in [2.75, 3.05) is 19.7 Å². The van der Waals surface area contributed by atoms with E-state index in [1.54, 1.807) is 6.92 Å². The highest BCUT2D eigenvalue weighted by Crippen LogP contribution is 2.27. The lowest BCUT2D eigenvalue weighted by molar-refractivity contribution is 0.164. The van der Waals surface area contributed by atoms with Gasteiger partial charge < -0.3 is 9.84 Å². The molecule has 0 unspecified atom stereocenters. The first-order valence-corrected chi connectivity index (χ1v) is 9.22. The lowest BCUT2D eigenvalue weighted by atomic mass is 9.96. The molecule has 1 saturated heterocycles. The molecule has 0 radical (unpaired) electrons. The van der Waals surface area contributed by atoms with E-state index in [1.165, 1.54) is 24.0 Å². The zero-order chi connectivity index (χ0) is 17.2. The Bertz CT molecular complexity index is 720. The second-order valence-electron chi connectivity index (χ2n) is 7.30. The Kier molecular flexibility index (Phi) is 4.72. The van der Waals surface area contributed by atoms with Crippen LogP contribution in [0, 0.1) is 5.92 Å². The highest BCUT2D eigenvalue weighted by molar-refractivity contribution is 5.39. The van der Waals surface area contributed by atoms with Gasteiger partial charge in [-0.15, -0.1) is 5.10 Å². The van der Waals surface area contributed by atoms with Crippen molar-refractivity contribution in [3.05, 3.63) is 41.2 Å². The molecule has 25 heavy (non-hydrogen) atoms. The van der Waals surface area contributed by atoms with E-state index in [0.29, 0.717) is 11.6 Å². The van der Waals surface area contributed by atoms with Crippen LogP contribution >= 0.6 is 0 Å². The van der Waals surface area contributed by atoms with Crippen molar-refractivity contribution in [2.24, 2.45) is 5.92 Å². The molecule has 6 nitrogen and oxygen atoms in total. The summed E-state index contributed by atoms with van der Waals surface area (Å²) in [6.45, 7) is 6.70. The van der Waals surface area contributed by atoms with Crippen molar-refractivity contribution >= 4 is 0 Å². The lowest BCUT2D eigenvalue weighted by Gasteiger charge is -2.31. The van der Waals surface area contributed by atoms with E-state index in [9.17, 15) is 5.11 Å². The number of aromatic nitrogens is 3. The van der Waals surface area contributed by atoms with Crippen molar-refractivity contribution in [3.8, 4) is 5.75 Å². The first kappa shape index (κ1) is 16.5. The van der Waals surface area contributed by atoms with Gasteiger partial charge in [0.25, 0.3) is 0 Å². The molecule has 0 saturated carbocycles. The number of benzene rings is 1. The molecule has 2 aliphatic rings. The molecule has 2 aliphatic heterocycles. The van der Waals surface area contributed by atoms with Crippen LogP contribution in [0.15, 0.2) is 24.4 Å². The minimum Gasteiger partial charge on any atom is -0.493 e. The van der Waals surface area contributed by atoms with Crippen molar-refractivity contribution in [2.45, 2.75) is 45.4 Å². The number of aliphatic hydroxyl groups excluding tert-OH is 1. The second-order valence-corrected chi connectivity index (χ2v) is 7.30. The first-order valence-electron chi connectivity index (χ1n) is 9.22. The van der Waals surface area contributed by atoms with E-state index in [0.717, 1.165) is 45.0 Å². The molecule has 1 N–H and O–H groups in total. The van der Waals surface area contributed by atoms with Gasteiger partial charge in [0.05, 0.1) is 18.9 Å². The maximum absolute atomic E-state index is 9.55. The molecule has 4 rings (SSSR count). The van der Waals surface area contributed by atoms with Crippen molar-refractivity contribution in [1.82, 2.24) is 19.9 Å². The summed E-state index contributed by atoms with van der Waals surface area (Å²) in [6.07, 6.45) is 4.71. The number of hydrogen-bond acceptors (Lipinski definition) is 5. The molecule has 3 heterocycles. The van der Waals surface area contributed by atoms with Gasteiger partial charge in [-0.05, 0) is 56.0 Å². The average molecular weight is 342 g/mol. The third-order valence-electron chi connectivity index (χ3n) is 5.30. The maximum Gasteiger partial charge on any atom is 0.122 e. The molecule has 1 atom stereocenters. The van der Waals surface area contributed by atoms with Crippen LogP contribution in [0.3, 0.4) is 0 Å². The van der Waals surface area contributed by atoms with Crippen LogP contribution < -0.4 is 4.74 Å². The quantitative estimate of drug-likeness (QED) is 0.902. The van der Waals surface area contributed by atoms with Gasteiger partial charge in [0.2, 0.25) is 0 Å². The fourth-order valence-electron chi connectivity index (χ4n) is 3.78. The smallest absolute Gasteiger partial charge is 0.122 e. The van der Waals surface area contributed by atoms with Gasteiger partial charge in [0, 0.05) is 19.5 Å². The molecule has 0 bridgehead atoms. The Morgan fingerprint density at radius 2 is 2.16 bits per heavy atom. The Labute approximate surface area is 148 Å². The molecule has 1 aromatic carbocycles. The summed E-state index contributed by atoms with van der Waals surface area (Å²) in [5.41, 5.74) is 3.39. The monoisotopic (exact) mass is 342 g/mol. The molecular formula is C19H26N4O2. The zero-order valence-corrected chi connectivity index (χ0v) is 14.8. The van der Waals surface area contributed by atoms with Gasteiger partial charge in [0.1, 0.15) is 11.4 Å². The van der Waals surface area contributed by atoms with Gasteiger partial charge in [-0.1, -0.05) is 17.3 Å². The van der Waals surface area contributed by atoms with E-state index < -0.39 is 6.10 Å². The normalized spacial score (nSPS) is 19.6. The van der Waals surface area contributed by atoms with E-state index in [4.69, 9.17) is 4.74 Å². The summed E-state index contributed by atoms with van der Waals surface area (Å²) in [5.74, 6) is 1.69. The summed E-state index contributed by atoms with van der Waals surface area (Å²) in [6, 6.07) is 6.62. The predicted molar refractivity (Wildman–Crippen MR) is 94.3 cm³/mol. The van der Waals surface area contributed by atoms with Crippen LogP contribution in [0.4, 0.5) is 0 Å². The number of rotatable bonds is 5. The minimum absolute atomic E-state index is 0.548. The number of aliphatic hydroxyl groups is 1. The predicted octanol–water partition coefficient (Wildman–Crippen LogP) is 2.18. The van der Waals surface area contributed by atoms with Gasteiger partial charge in [-0.2, -0.15) is 0 Å². The molecule has 2 aromatic rings. The number of ether oxygens (including phenoxy) is 1. The number of nitrogens with zero attached hydrogens (tertiary/aromatic N) is 4. The standard InChI is InChI=1S/C19H26N4O2/c1-14(24)18-13-23(21-20-18)12-15-4-7-22(8-5-15)11-16-2-3-19-17(10-16)6-9-25-19/h2-3,10,13-15,24H,4-9,11-12H2,1H3/t14-/m1/s1. The highest BCUT2D eigenvalue weighted by Gasteiger charge is 2.21. The van der Waals surface area contributed by atoms with Crippen molar-refractivity contribution < 1.29 is 9.84 Å². The van der Waals surface area contributed by atoms with E-state index >= 15 is 0 Å². The van der Waals surface area contributed by atoms with Gasteiger partial charge in [0.15, 0.2) is 0 Å². The topological polar surface area (TPSA) is 63.4 Å². The molecular weight excluding hydrogens is 316 g/mol. The fraction of sp³-hybridized carbons (Fsp3) is 0.579. The minimum atomic E-state index is -0.548. The molecule has 1 aromatic heterocycles. The van der Waals surface area contributed by atoms with E-state index in [-0.39, 0.29) is 0 Å². The maximum atomic E-state index is 9.55. The Morgan fingerprint density at radius 1 is 1.32 bits per heavy atom. The molecule has 134 valence electrons. The Hall–Kier alpha value is -1.92. The van der Waals surface area contributed by atoms with Gasteiger partial charge >= 0.3 is 0 Å². The van der Waals surface area contributed by atoms with Crippen LogP contribution in [0.2, 0.25) is 0 Å². The fourth-order valence-corrected chi connectivity index (χ4v) is 3.78. The van der Waals surface area contributed by atoms with Crippen LogP contribution in [0.25, 0.3) is 0 Å². The third kappa shape index (κ3) is 3.85. The lowest BCUT2D eigenvalue weighted by Crippen LogP contribution is -2.34. The number of piperidine rings is 1. The second kappa shape index (κ2) is 7.14. The third-order valence-corrected chi connectivity index (χ3v) is 5.30. The number of likely N-dealkylation sites (tertiary alicyclic amines) is 1. The van der Waals surface area contributed by atoms with Crippen LogP contribution in [0.5, 0.6) is 5.75 Å².